The Balaban J connectivity index is 1.74. The average Bonchev–Trinajstić information content (AvgIpc) is 2.53. The highest BCUT2D eigenvalue weighted by Crippen LogP contribution is 2.25. The summed E-state index contributed by atoms with van der Waals surface area (Å²) >= 11 is 0. The van der Waals surface area contributed by atoms with Gasteiger partial charge in [-0.15, -0.1) is 0 Å². The molecule has 0 atom stereocenters. The van der Waals surface area contributed by atoms with Crippen molar-refractivity contribution in [3.8, 4) is 5.75 Å². The highest BCUT2D eigenvalue weighted by molar-refractivity contribution is 5.78. The Labute approximate surface area is 145 Å². The summed E-state index contributed by atoms with van der Waals surface area (Å²) in [6.07, 6.45) is 0.403. The van der Waals surface area contributed by atoms with Gasteiger partial charge in [-0.3, -0.25) is 4.79 Å². The Kier molecular flexibility index (Phi) is 6.02. The summed E-state index contributed by atoms with van der Waals surface area (Å²) < 4.78 is 5.74. The van der Waals surface area contributed by atoms with Crippen LogP contribution < -0.4 is 10.1 Å². The average molecular weight is 325 g/mol. The fourth-order valence-electron chi connectivity index (χ4n) is 2.37. The molecule has 0 heterocycles. The van der Waals surface area contributed by atoms with Crippen molar-refractivity contribution < 1.29 is 9.53 Å². The minimum atomic E-state index is 0.0193. The van der Waals surface area contributed by atoms with E-state index in [-0.39, 0.29) is 11.3 Å². The van der Waals surface area contributed by atoms with Crippen molar-refractivity contribution in [3.05, 3.63) is 65.2 Å². The molecule has 3 heteroatoms. The molecule has 0 spiro atoms. The largest absolute Gasteiger partial charge is 0.492 e. The van der Waals surface area contributed by atoms with Crippen LogP contribution in [-0.2, 0) is 16.6 Å². The number of aryl methyl sites for hydroxylation is 1. The Morgan fingerprint density at radius 3 is 2.46 bits per heavy atom. The van der Waals surface area contributed by atoms with Crippen LogP contribution in [0, 0.1) is 6.92 Å². The van der Waals surface area contributed by atoms with Crippen molar-refractivity contribution in [2.45, 2.75) is 39.5 Å². The third-order valence-electron chi connectivity index (χ3n) is 3.88. The maximum Gasteiger partial charge on any atom is 0.224 e. The highest BCUT2D eigenvalue weighted by atomic mass is 16.5. The lowest BCUT2D eigenvalue weighted by molar-refractivity contribution is -0.120. The van der Waals surface area contributed by atoms with Crippen LogP contribution in [0.25, 0.3) is 0 Å². The van der Waals surface area contributed by atoms with Crippen molar-refractivity contribution in [2.75, 3.05) is 13.2 Å². The van der Waals surface area contributed by atoms with Crippen molar-refractivity contribution in [2.24, 2.45) is 0 Å². The highest BCUT2D eigenvalue weighted by Gasteiger charge is 2.13. The number of hydrogen-bond donors (Lipinski definition) is 1. The SMILES string of the molecule is Cc1ccc(CC(=O)NCCOc2cccc(C(C)(C)C)c2)cc1. The molecule has 0 aromatic heterocycles. The number of hydrogen-bond acceptors (Lipinski definition) is 2. The van der Waals surface area contributed by atoms with Gasteiger partial charge in [-0.25, -0.2) is 0 Å². The van der Waals surface area contributed by atoms with E-state index in [4.69, 9.17) is 4.74 Å². The van der Waals surface area contributed by atoms with E-state index in [0.29, 0.717) is 19.6 Å². The molecule has 0 unspecified atom stereocenters. The zero-order valence-corrected chi connectivity index (χ0v) is 15.1. The lowest BCUT2D eigenvalue weighted by atomic mass is 9.87. The maximum atomic E-state index is 11.9. The molecule has 1 amide bonds. The minimum Gasteiger partial charge on any atom is -0.492 e. The number of rotatable bonds is 6. The summed E-state index contributed by atoms with van der Waals surface area (Å²) in [6, 6.07) is 16.1. The number of amides is 1. The number of ether oxygens (including phenoxy) is 1. The van der Waals surface area contributed by atoms with Crippen LogP contribution in [0.5, 0.6) is 5.75 Å². The lowest BCUT2D eigenvalue weighted by Gasteiger charge is -2.19. The second-order valence-corrected chi connectivity index (χ2v) is 7.14. The molecule has 0 fully saturated rings. The molecular weight excluding hydrogens is 298 g/mol. The summed E-state index contributed by atoms with van der Waals surface area (Å²) in [5.74, 6) is 0.862. The lowest BCUT2D eigenvalue weighted by Crippen LogP contribution is -2.29. The van der Waals surface area contributed by atoms with Crippen LogP contribution in [-0.4, -0.2) is 19.1 Å². The summed E-state index contributed by atoms with van der Waals surface area (Å²) in [4.78, 5) is 11.9. The fourth-order valence-corrected chi connectivity index (χ4v) is 2.37. The van der Waals surface area contributed by atoms with Crippen LogP contribution in [0.1, 0.15) is 37.5 Å². The normalized spacial score (nSPS) is 11.2. The smallest absolute Gasteiger partial charge is 0.224 e. The first-order chi connectivity index (χ1) is 11.3. The number of nitrogens with one attached hydrogen (secondary N) is 1. The fraction of sp³-hybridized carbons (Fsp3) is 0.381. The van der Waals surface area contributed by atoms with Gasteiger partial charge >= 0.3 is 0 Å². The van der Waals surface area contributed by atoms with Gasteiger partial charge < -0.3 is 10.1 Å². The van der Waals surface area contributed by atoms with Crippen LogP contribution in [0.2, 0.25) is 0 Å². The number of carbonyl (C=O) groups excluding carboxylic acids is 1. The second-order valence-electron chi connectivity index (χ2n) is 7.14. The van der Waals surface area contributed by atoms with Gasteiger partial charge in [-0.2, -0.15) is 0 Å². The van der Waals surface area contributed by atoms with Crippen LogP contribution in [0.4, 0.5) is 0 Å². The van der Waals surface area contributed by atoms with Crippen molar-refractivity contribution >= 4 is 5.91 Å². The first-order valence-electron chi connectivity index (χ1n) is 8.40. The molecule has 0 radical (unpaired) electrons. The quantitative estimate of drug-likeness (QED) is 0.814. The number of benzene rings is 2. The molecule has 2 rings (SSSR count). The molecule has 0 bridgehead atoms. The first kappa shape index (κ1) is 18.1. The van der Waals surface area contributed by atoms with E-state index in [1.165, 1.54) is 11.1 Å². The van der Waals surface area contributed by atoms with Gasteiger partial charge in [0.1, 0.15) is 12.4 Å². The summed E-state index contributed by atoms with van der Waals surface area (Å²) in [6.45, 7) is 9.54. The molecule has 0 aliphatic carbocycles. The van der Waals surface area contributed by atoms with Gasteiger partial charge in [-0.1, -0.05) is 62.7 Å². The Hall–Kier alpha value is -2.29. The molecule has 0 aliphatic rings. The van der Waals surface area contributed by atoms with Crippen molar-refractivity contribution in [3.63, 3.8) is 0 Å². The summed E-state index contributed by atoms with van der Waals surface area (Å²) in [5, 5.41) is 2.90. The Morgan fingerprint density at radius 1 is 1.08 bits per heavy atom. The molecule has 2 aromatic carbocycles. The van der Waals surface area contributed by atoms with E-state index in [0.717, 1.165) is 11.3 Å². The molecule has 3 nitrogen and oxygen atoms in total. The third-order valence-corrected chi connectivity index (χ3v) is 3.88. The van der Waals surface area contributed by atoms with E-state index in [2.05, 4.69) is 38.2 Å². The van der Waals surface area contributed by atoms with Crippen molar-refractivity contribution in [1.29, 1.82) is 0 Å². The van der Waals surface area contributed by atoms with Gasteiger partial charge in [0, 0.05) is 0 Å². The molecule has 0 saturated carbocycles. The second kappa shape index (κ2) is 8.00. The first-order valence-corrected chi connectivity index (χ1v) is 8.40. The van der Waals surface area contributed by atoms with E-state index in [1.54, 1.807) is 0 Å². The van der Waals surface area contributed by atoms with E-state index in [9.17, 15) is 4.79 Å². The summed E-state index contributed by atoms with van der Waals surface area (Å²) in [5.41, 5.74) is 3.56. The molecule has 0 saturated heterocycles. The molecule has 1 N–H and O–H groups in total. The minimum absolute atomic E-state index is 0.0193. The zero-order valence-electron chi connectivity index (χ0n) is 15.1. The van der Waals surface area contributed by atoms with Gasteiger partial charge in [0.2, 0.25) is 5.91 Å². The standard InChI is InChI=1S/C21H27NO2/c1-16-8-10-17(11-9-16)14-20(23)22-12-13-24-19-7-5-6-18(15-19)21(2,3)4/h5-11,15H,12-14H2,1-4H3,(H,22,23). The Bertz CT molecular complexity index is 669. The van der Waals surface area contributed by atoms with Gasteiger partial charge in [0.25, 0.3) is 0 Å². The molecular formula is C21H27NO2. The van der Waals surface area contributed by atoms with Crippen LogP contribution >= 0.6 is 0 Å². The van der Waals surface area contributed by atoms with E-state index >= 15 is 0 Å². The van der Waals surface area contributed by atoms with Crippen molar-refractivity contribution in [1.82, 2.24) is 5.32 Å². The monoisotopic (exact) mass is 325 g/mol. The van der Waals surface area contributed by atoms with E-state index < -0.39 is 0 Å². The number of carbonyl (C=O) groups is 1. The van der Waals surface area contributed by atoms with Crippen LogP contribution in [0.15, 0.2) is 48.5 Å². The van der Waals surface area contributed by atoms with Gasteiger partial charge in [0.15, 0.2) is 0 Å². The summed E-state index contributed by atoms with van der Waals surface area (Å²) in [7, 11) is 0. The molecule has 24 heavy (non-hydrogen) atoms. The predicted molar refractivity (Wildman–Crippen MR) is 98.5 cm³/mol. The van der Waals surface area contributed by atoms with E-state index in [1.807, 2.05) is 43.3 Å². The zero-order chi connectivity index (χ0) is 17.6. The molecule has 0 aliphatic heterocycles. The predicted octanol–water partition coefficient (Wildman–Crippen LogP) is 4.03. The molecule has 128 valence electrons. The maximum absolute atomic E-state index is 11.9. The molecule has 2 aromatic rings. The topological polar surface area (TPSA) is 38.3 Å². The Morgan fingerprint density at radius 2 is 1.79 bits per heavy atom. The van der Waals surface area contributed by atoms with Crippen LogP contribution in [0.3, 0.4) is 0 Å². The van der Waals surface area contributed by atoms with Gasteiger partial charge in [-0.05, 0) is 35.6 Å². The van der Waals surface area contributed by atoms with Gasteiger partial charge in [0.05, 0.1) is 13.0 Å². The third kappa shape index (κ3) is 5.73.